The average molecular weight is 236 g/mol. The number of piperidine rings is 1. The molecule has 1 aromatic rings. The van der Waals surface area contributed by atoms with Crippen molar-refractivity contribution in [2.45, 2.75) is 32.1 Å². The molecule has 1 aliphatic heterocycles. The Morgan fingerprint density at radius 1 is 1.35 bits per heavy atom. The molecule has 2 nitrogen and oxygen atoms in total. The minimum atomic E-state index is -0.279. The average Bonchev–Trinajstić information content (AvgIpc) is 2.34. The van der Waals surface area contributed by atoms with Gasteiger partial charge in [-0.25, -0.2) is 4.39 Å². The van der Waals surface area contributed by atoms with Gasteiger partial charge in [-0.05, 0) is 56.4 Å². The van der Waals surface area contributed by atoms with Crippen LogP contribution < -0.4 is 5.73 Å². The van der Waals surface area contributed by atoms with Crippen LogP contribution in [0.15, 0.2) is 18.2 Å². The van der Waals surface area contributed by atoms with Gasteiger partial charge in [0, 0.05) is 0 Å². The number of para-hydroxylation sites is 1. The molecule has 1 saturated heterocycles. The lowest BCUT2D eigenvalue weighted by molar-refractivity contribution is 0.213. The fourth-order valence-electron chi connectivity index (χ4n) is 2.69. The van der Waals surface area contributed by atoms with Gasteiger partial charge in [0.1, 0.15) is 5.82 Å². The first kappa shape index (κ1) is 12.4. The lowest BCUT2D eigenvalue weighted by atomic mass is 9.88. The second-order valence-electron chi connectivity index (χ2n) is 4.86. The number of benzene rings is 1. The van der Waals surface area contributed by atoms with Crippen LogP contribution in [0.1, 0.15) is 37.7 Å². The monoisotopic (exact) mass is 236 g/mol. The Bertz CT molecular complexity index is 370. The van der Waals surface area contributed by atoms with Crippen molar-refractivity contribution in [2.75, 3.05) is 25.4 Å². The maximum absolute atomic E-state index is 13.4. The molecule has 1 aromatic carbocycles. The molecule has 2 N–H and O–H groups in total. The summed E-state index contributed by atoms with van der Waals surface area (Å²) >= 11 is 0. The van der Waals surface area contributed by atoms with Gasteiger partial charge in [-0.15, -0.1) is 0 Å². The zero-order chi connectivity index (χ0) is 12.3. The summed E-state index contributed by atoms with van der Waals surface area (Å²) in [5.41, 5.74) is 7.17. The number of rotatable bonds is 3. The normalized spacial score (nSPS) is 18.5. The predicted molar refractivity (Wildman–Crippen MR) is 69.5 cm³/mol. The summed E-state index contributed by atoms with van der Waals surface area (Å²) in [5, 5.41) is 0. The van der Waals surface area contributed by atoms with Crippen molar-refractivity contribution in [3.8, 4) is 0 Å². The van der Waals surface area contributed by atoms with Gasteiger partial charge in [0.25, 0.3) is 0 Å². The number of nitrogens with zero attached hydrogens (tertiary/aromatic N) is 1. The quantitative estimate of drug-likeness (QED) is 0.817. The number of hydrogen-bond acceptors (Lipinski definition) is 2. The van der Waals surface area contributed by atoms with Crippen LogP contribution in [-0.4, -0.2) is 24.5 Å². The summed E-state index contributed by atoms with van der Waals surface area (Å²) < 4.78 is 13.4. The minimum absolute atomic E-state index is 0.279. The molecule has 0 radical (unpaired) electrons. The molecule has 0 saturated carbocycles. The third kappa shape index (κ3) is 2.78. The molecule has 0 aromatic heterocycles. The van der Waals surface area contributed by atoms with Crippen molar-refractivity contribution in [3.63, 3.8) is 0 Å². The molecule has 1 aliphatic rings. The zero-order valence-electron chi connectivity index (χ0n) is 10.5. The standard InChI is InChI=1S/C14H21FN2/c1-2-8-17-9-6-11(7-10-17)12-4-3-5-13(15)14(12)16/h3-5,11H,2,6-10,16H2,1H3. The van der Waals surface area contributed by atoms with Crippen molar-refractivity contribution in [3.05, 3.63) is 29.6 Å². The van der Waals surface area contributed by atoms with Gasteiger partial charge in [0.05, 0.1) is 5.69 Å². The predicted octanol–water partition coefficient (Wildman–Crippen LogP) is 3.00. The van der Waals surface area contributed by atoms with E-state index in [4.69, 9.17) is 5.73 Å². The summed E-state index contributed by atoms with van der Waals surface area (Å²) in [6, 6.07) is 5.17. The lowest BCUT2D eigenvalue weighted by Crippen LogP contribution is -2.33. The molecule has 1 fully saturated rings. The van der Waals surface area contributed by atoms with Crippen LogP contribution in [-0.2, 0) is 0 Å². The second-order valence-corrected chi connectivity index (χ2v) is 4.86. The van der Waals surface area contributed by atoms with Gasteiger partial charge in [-0.2, -0.15) is 0 Å². The number of nitrogen functional groups attached to an aromatic ring is 1. The molecule has 0 amide bonds. The largest absolute Gasteiger partial charge is 0.396 e. The van der Waals surface area contributed by atoms with Crippen LogP contribution in [0.25, 0.3) is 0 Å². The third-order valence-corrected chi connectivity index (χ3v) is 3.65. The summed E-state index contributed by atoms with van der Waals surface area (Å²) in [4.78, 5) is 2.48. The van der Waals surface area contributed by atoms with Crippen LogP contribution >= 0.6 is 0 Å². The van der Waals surface area contributed by atoms with E-state index in [0.29, 0.717) is 11.6 Å². The number of hydrogen-bond donors (Lipinski definition) is 1. The third-order valence-electron chi connectivity index (χ3n) is 3.65. The Morgan fingerprint density at radius 2 is 2.06 bits per heavy atom. The van der Waals surface area contributed by atoms with Gasteiger partial charge in [0.2, 0.25) is 0 Å². The van der Waals surface area contributed by atoms with Crippen molar-refractivity contribution in [1.82, 2.24) is 4.90 Å². The molecule has 0 bridgehead atoms. The van der Waals surface area contributed by atoms with E-state index >= 15 is 0 Å². The van der Waals surface area contributed by atoms with Gasteiger partial charge in [-0.1, -0.05) is 19.1 Å². The van der Waals surface area contributed by atoms with E-state index in [1.54, 1.807) is 6.07 Å². The topological polar surface area (TPSA) is 29.3 Å². The molecule has 17 heavy (non-hydrogen) atoms. The minimum Gasteiger partial charge on any atom is -0.396 e. The molecule has 0 unspecified atom stereocenters. The zero-order valence-corrected chi connectivity index (χ0v) is 10.5. The Kier molecular flexibility index (Phi) is 4.00. The summed E-state index contributed by atoms with van der Waals surface area (Å²) in [6.07, 6.45) is 3.38. The first-order valence-corrected chi connectivity index (χ1v) is 6.48. The second kappa shape index (κ2) is 5.50. The summed E-state index contributed by atoms with van der Waals surface area (Å²) in [5.74, 6) is 0.150. The van der Waals surface area contributed by atoms with Gasteiger partial charge >= 0.3 is 0 Å². The Hall–Kier alpha value is -1.09. The molecule has 1 heterocycles. The molecule has 0 atom stereocenters. The molecule has 3 heteroatoms. The summed E-state index contributed by atoms with van der Waals surface area (Å²) in [7, 11) is 0. The number of anilines is 1. The van der Waals surface area contributed by atoms with Crippen molar-refractivity contribution >= 4 is 5.69 Å². The number of halogens is 1. The molecule has 0 spiro atoms. The van der Waals surface area contributed by atoms with Crippen LogP contribution in [0, 0.1) is 5.82 Å². The van der Waals surface area contributed by atoms with Crippen LogP contribution in [0.3, 0.4) is 0 Å². The van der Waals surface area contributed by atoms with E-state index in [-0.39, 0.29) is 5.82 Å². The number of nitrogens with two attached hydrogens (primary N) is 1. The van der Waals surface area contributed by atoms with Crippen molar-refractivity contribution in [1.29, 1.82) is 0 Å². The highest BCUT2D eigenvalue weighted by atomic mass is 19.1. The highest BCUT2D eigenvalue weighted by molar-refractivity contribution is 5.49. The van der Waals surface area contributed by atoms with Crippen LogP contribution in [0.5, 0.6) is 0 Å². The van der Waals surface area contributed by atoms with Crippen molar-refractivity contribution in [2.24, 2.45) is 0 Å². The van der Waals surface area contributed by atoms with Gasteiger partial charge < -0.3 is 10.6 Å². The molecule has 0 aliphatic carbocycles. The molecular formula is C14H21FN2. The van der Waals surface area contributed by atoms with Crippen molar-refractivity contribution < 1.29 is 4.39 Å². The SMILES string of the molecule is CCCN1CCC(c2cccc(F)c2N)CC1. The maximum Gasteiger partial charge on any atom is 0.146 e. The van der Waals surface area contributed by atoms with E-state index in [1.165, 1.54) is 19.0 Å². The molecule has 2 rings (SSSR count). The number of likely N-dealkylation sites (tertiary alicyclic amines) is 1. The van der Waals surface area contributed by atoms with E-state index in [1.807, 2.05) is 6.07 Å². The fraction of sp³-hybridized carbons (Fsp3) is 0.571. The highest BCUT2D eigenvalue weighted by Gasteiger charge is 2.22. The van der Waals surface area contributed by atoms with E-state index < -0.39 is 0 Å². The van der Waals surface area contributed by atoms with E-state index in [2.05, 4.69) is 11.8 Å². The maximum atomic E-state index is 13.4. The highest BCUT2D eigenvalue weighted by Crippen LogP contribution is 2.32. The van der Waals surface area contributed by atoms with Gasteiger partial charge in [0.15, 0.2) is 0 Å². The summed E-state index contributed by atoms with van der Waals surface area (Å²) in [6.45, 7) is 5.59. The van der Waals surface area contributed by atoms with Crippen LogP contribution in [0.2, 0.25) is 0 Å². The Labute approximate surface area is 103 Å². The van der Waals surface area contributed by atoms with Crippen LogP contribution in [0.4, 0.5) is 10.1 Å². The Morgan fingerprint density at radius 3 is 2.71 bits per heavy atom. The fourth-order valence-corrected chi connectivity index (χ4v) is 2.69. The Balaban J connectivity index is 2.03. The van der Waals surface area contributed by atoms with Gasteiger partial charge in [-0.3, -0.25) is 0 Å². The molecular weight excluding hydrogens is 215 g/mol. The first-order valence-electron chi connectivity index (χ1n) is 6.48. The first-order chi connectivity index (χ1) is 8.22. The van der Waals surface area contributed by atoms with E-state index in [0.717, 1.165) is 31.5 Å². The lowest BCUT2D eigenvalue weighted by Gasteiger charge is -2.32. The smallest absolute Gasteiger partial charge is 0.146 e. The van der Waals surface area contributed by atoms with E-state index in [9.17, 15) is 4.39 Å². The molecule has 94 valence electrons.